The molecule has 2 heterocycles. The van der Waals surface area contributed by atoms with Gasteiger partial charge in [0.25, 0.3) is 5.91 Å². The van der Waals surface area contributed by atoms with Gasteiger partial charge in [-0.25, -0.2) is 4.79 Å². The highest BCUT2D eigenvalue weighted by Crippen LogP contribution is 2.32. The maximum absolute atomic E-state index is 13.3. The molecule has 2 unspecified atom stereocenters. The lowest BCUT2D eigenvalue weighted by Crippen LogP contribution is -2.39. The number of piperidine rings is 1. The van der Waals surface area contributed by atoms with E-state index in [2.05, 4.69) is 10.3 Å². The van der Waals surface area contributed by atoms with E-state index in [1.165, 1.54) is 7.11 Å². The molecule has 8 heteroatoms. The van der Waals surface area contributed by atoms with Crippen molar-refractivity contribution in [3.63, 3.8) is 0 Å². The second-order valence-electron chi connectivity index (χ2n) is 8.83. The van der Waals surface area contributed by atoms with Crippen molar-refractivity contribution in [1.29, 1.82) is 0 Å². The SMILES string of the molecule is COC(=O)c1ccc(C2CCCCN2C(=O)CC(N)c2ccc(C(=O)Nc3ccncc3)cc2)cc1. The molecule has 0 saturated carbocycles. The standard InChI is InChI=1S/C28H30N4O4/c1-36-28(35)22-11-7-20(8-12-22)25-4-2-3-17-32(25)26(33)18-24(29)19-5-9-21(10-6-19)27(34)31-23-13-15-30-16-14-23/h5-16,24-25H,2-4,17-18,29H2,1H3,(H,30,31,34). The Morgan fingerprint density at radius 2 is 1.67 bits per heavy atom. The topological polar surface area (TPSA) is 115 Å². The number of likely N-dealkylation sites (tertiary alicyclic amines) is 1. The van der Waals surface area contributed by atoms with Crippen molar-refractivity contribution < 1.29 is 19.1 Å². The normalized spacial score (nSPS) is 16.2. The highest BCUT2D eigenvalue weighted by Gasteiger charge is 2.29. The van der Waals surface area contributed by atoms with Crippen LogP contribution in [0.25, 0.3) is 0 Å². The molecule has 1 aliphatic heterocycles. The van der Waals surface area contributed by atoms with Crippen molar-refractivity contribution in [2.24, 2.45) is 5.73 Å². The molecule has 0 aliphatic carbocycles. The number of aromatic nitrogens is 1. The molecule has 1 saturated heterocycles. The van der Waals surface area contributed by atoms with Gasteiger partial charge in [-0.05, 0) is 66.8 Å². The molecule has 1 fully saturated rings. The molecule has 3 aromatic rings. The number of benzene rings is 2. The summed E-state index contributed by atoms with van der Waals surface area (Å²) >= 11 is 0. The minimum Gasteiger partial charge on any atom is -0.465 e. The van der Waals surface area contributed by atoms with Gasteiger partial charge in [0.15, 0.2) is 0 Å². The zero-order valence-electron chi connectivity index (χ0n) is 20.2. The zero-order valence-corrected chi connectivity index (χ0v) is 20.2. The molecule has 0 radical (unpaired) electrons. The van der Waals surface area contributed by atoms with E-state index < -0.39 is 6.04 Å². The van der Waals surface area contributed by atoms with Gasteiger partial charge in [0.2, 0.25) is 5.91 Å². The fourth-order valence-corrected chi connectivity index (χ4v) is 4.48. The Bertz CT molecular complexity index is 1200. The lowest BCUT2D eigenvalue weighted by molar-refractivity contribution is -0.135. The summed E-state index contributed by atoms with van der Waals surface area (Å²) in [4.78, 5) is 43.3. The van der Waals surface area contributed by atoms with Gasteiger partial charge in [-0.1, -0.05) is 24.3 Å². The van der Waals surface area contributed by atoms with Crippen molar-refractivity contribution in [1.82, 2.24) is 9.88 Å². The first kappa shape index (κ1) is 25.1. The number of methoxy groups -OCH3 is 1. The second-order valence-corrected chi connectivity index (χ2v) is 8.83. The van der Waals surface area contributed by atoms with Crippen LogP contribution >= 0.6 is 0 Å². The van der Waals surface area contributed by atoms with Crippen LogP contribution in [0.5, 0.6) is 0 Å². The van der Waals surface area contributed by atoms with Gasteiger partial charge in [-0.2, -0.15) is 0 Å². The Hall–Kier alpha value is -4.04. The molecule has 4 rings (SSSR count). The number of pyridine rings is 1. The lowest BCUT2D eigenvalue weighted by atomic mass is 9.93. The van der Waals surface area contributed by atoms with Crippen molar-refractivity contribution >= 4 is 23.5 Å². The van der Waals surface area contributed by atoms with Crippen LogP contribution in [-0.2, 0) is 9.53 Å². The predicted octanol–water partition coefficient (Wildman–Crippen LogP) is 4.26. The number of carbonyl (C=O) groups is 3. The zero-order chi connectivity index (χ0) is 25.5. The van der Waals surface area contributed by atoms with Crippen LogP contribution in [0.2, 0.25) is 0 Å². The van der Waals surface area contributed by atoms with Crippen molar-refractivity contribution in [2.75, 3.05) is 19.0 Å². The van der Waals surface area contributed by atoms with E-state index in [0.29, 0.717) is 23.4 Å². The number of esters is 1. The van der Waals surface area contributed by atoms with Crippen LogP contribution in [0.4, 0.5) is 5.69 Å². The number of hydrogen-bond acceptors (Lipinski definition) is 6. The van der Waals surface area contributed by atoms with Gasteiger partial charge in [0.1, 0.15) is 0 Å². The minimum atomic E-state index is -0.487. The molecule has 1 aromatic heterocycles. The fourth-order valence-electron chi connectivity index (χ4n) is 4.48. The van der Waals surface area contributed by atoms with E-state index in [1.54, 1.807) is 60.9 Å². The predicted molar refractivity (Wildman–Crippen MR) is 136 cm³/mol. The summed E-state index contributed by atoms with van der Waals surface area (Å²) < 4.78 is 4.77. The summed E-state index contributed by atoms with van der Waals surface area (Å²) in [6.45, 7) is 0.670. The number of ether oxygens (including phenoxy) is 1. The molecule has 186 valence electrons. The number of nitrogens with one attached hydrogen (secondary N) is 1. The smallest absolute Gasteiger partial charge is 0.337 e. The van der Waals surface area contributed by atoms with E-state index in [-0.39, 0.29) is 30.2 Å². The Balaban J connectivity index is 1.39. The minimum absolute atomic E-state index is 0.0104. The molecule has 36 heavy (non-hydrogen) atoms. The highest BCUT2D eigenvalue weighted by molar-refractivity contribution is 6.04. The first-order valence-electron chi connectivity index (χ1n) is 12.0. The summed E-state index contributed by atoms with van der Waals surface area (Å²) in [5.41, 5.74) is 9.83. The summed E-state index contributed by atoms with van der Waals surface area (Å²) in [6, 6.07) is 17.1. The molecule has 8 nitrogen and oxygen atoms in total. The van der Waals surface area contributed by atoms with Crippen LogP contribution in [-0.4, -0.2) is 41.3 Å². The lowest BCUT2D eigenvalue weighted by Gasteiger charge is -2.37. The second kappa shape index (κ2) is 11.6. The molecule has 1 aliphatic rings. The van der Waals surface area contributed by atoms with Crippen LogP contribution in [0.15, 0.2) is 73.1 Å². The van der Waals surface area contributed by atoms with E-state index >= 15 is 0 Å². The molecular formula is C28H30N4O4. The van der Waals surface area contributed by atoms with Gasteiger partial charge >= 0.3 is 5.97 Å². The van der Waals surface area contributed by atoms with Crippen LogP contribution in [0, 0.1) is 0 Å². The van der Waals surface area contributed by atoms with E-state index in [1.807, 2.05) is 17.0 Å². The van der Waals surface area contributed by atoms with Crippen molar-refractivity contribution in [3.05, 3.63) is 95.3 Å². The summed E-state index contributed by atoms with van der Waals surface area (Å²) in [7, 11) is 1.35. The Kier molecular flexibility index (Phi) is 8.07. The fraction of sp³-hybridized carbons (Fsp3) is 0.286. The molecule has 0 bridgehead atoms. The Labute approximate surface area is 210 Å². The maximum atomic E-state index is 13.3. The molecule has 2 atom stereocenters. The van der Waals surface area contributed by atoms with Gasteiger partial charge in [-0.3, -0.25) is 14.6 Å². The molecule has 3 N–H and O–H groups in total. The van der Waals surface area contributed by atoms with Crippen LogP contribution in [0.3, 0.4) is 0 Å². The van der Waals surface area contributed by atoms with Gasteiger partial charge in [0.05, 0.1) is 18.7 Å². The van der Waals surface area contributed by atoms with Crippen LogP contribution < -0.4 is 11.1 Å². The number of hydrogen-bond donors (Lipinski definition) is 2. The van der Waals surface area contributed by atoms with Gasteiger partial charge in [0, 0.05) is 42.7 Å². The highest BCUT2D eigenvalue weighted by atomic mass is 16.5. The monoisotopic (exact) mass is 486 g/mol. The summed E-state index contributed by atoms with van der Waals surface area (Å²) in [5.74, 6) is -0.625. The first-order chi connectivity index (χ1) is 17.5. The van der Waals surface area contributed by atoms with E-state index in [9.17, 15) is 14.4 Å². The van der Waals surface area contributed by atoms with Gasteiger partial charge in [-0.15, -0.1) is 0 Å². The number of nitrogens with two attached hydrogens (primary N) is 1. The largest absolute Gasteiger partial charge is 0.465 e. The molecule has 0 spiro atoms. The third-order valence-electron chi connectivity index (χ3n) is 6.47. The Morgan fingerprint density at radius 1 is 1.00 bits per heavy atom. The average molecular weight is 487 g/mol. The number of nitrogens with zero attached hydrogens (tertiary/aromatic N) is 2. The summed E-state index contributed by atoms with van der Waals surface area (Å²) in [5, 5.41) is 2.82. The first-order valence-corrected chi connectivity index (χ1v) is 12.0. The summed E-state index contributed by atoms with van der Waals surface area (Å²) in [6.07, 6.45) is 6.22. The molecular weight excluding hydrogens is 456 g/mol. The third kappa shape index (κ3) is 5.95. The molecule has 2 amide bonds. The Morgan fingerprint density at radius 3 is 2.33 bits per heavy atom. The average Bonchev–Trinajstić information content (AvgIpc) is 2.93. The van der Waals surface area contributed by atoms with Crippen molar-refractivity contribution in [3.8, 4) is 0 Å². The number of carbonyl (C=O) groups excluding carboxylic acids is 3. The maximum Gasteiger partial charge on any atom is 0.337 e. The number of anilines is 1. The number of amides is 2. The van der Waals surface area contributed by atoms with E-state index in [4.69, 9.17) is 10.5 Å². The van der Waals surface area contributed by atoms with Gasteiger partial charge < -0.3 is 20.7 Å². The quantitative estimate of drug-likeness (QED) is 0.482. The van der Waals surface area contributed by atoms with Crippen LogP contribution in [0.1, 0.15) is 69.6 Å². The number of rotatable bonds is 7. The van der Waals surface area contributed by atoms with E-state index in [0.717, 1.165) is 30.4 Å². The van der Waals surface area contributed by atoms with Crippen molar-refractivity contribution in [2.45, 2.75) is 37.8 Å². The molecule has 2 aromatic carbocycles. The third-order valence-corrected chi connectivity index (χ3v) is 6.47.